The van der Waals surface area contributed by atoms with Crippen molar-refractivity contribution in [1.82, 2.24) is 0 Å². The Bertz CT molecular complexity index is 2660. The van der Waals surface area contributed by atoms with Gasteiger partial charge in [-0.25, -0.2) is 0 Å². The molecule has 0 aliphatic carbocycles. The minimum atomic E-state index is 1.25. The maximum absolute atomic E-state index is 2.37. The first-order valence-corrected chi connectivity index (χ1v) is 16.0. The van der Waals surface area contributed by atoms with Crippen molar-refractivity contribution in [2.75, 3.05) is 0 Å². The number of benzene rings is 10. The second-order valence-electron chi connectivity index (χ2n) is 12.6. The van der Waals surface area contributed by atoms with Gasteiger partial charge in [0, 0.05) is 0 Å². The molecule has 0 amide bonds. The zero-order valence-electron chi connectivity index (χ0n) is 25.2. The summed E-state index contributed by atoms with van der Waals surface area (Å²) in [5.74, 6) is 0. The van der Waals surface area contributed by atoms with E-state index in [1.165, 1.54) is 97.7 Å². The average Bonchev–Trinajstić information content (AvgIpc) is 3.12. The highest BCUT2D eigenvalue weighted by molar-refractivity contribution is 6.21. The molecule has 0 N–H and O–H groups in total. The molecule has 0 aliphatic heterocycles. The lowest BCUT2D eigenvalue weighted by Gasteiger charge is -2.12. The molecule has 10 aromatic rings. The molecule has 0 fully saturated rings. The van der Waals surface area contributed by atoms with Crippen molar-refractivity contribution in [2.45, 2.75) is 0 Å². The maximum Gasteiger partial charge on any atom is -0.00987 e. The summed E-state index contributed by atoms with van der Waals surface area (Å²) >= 11 is 0. The monoisotopic (exact) mass is 580 g/mol. The minimum absolute atomic E-state index is 1.25. The summed E-state index contributed by atoms with van der Waals surface area (Å²) in [7, 11) is 0. The van der Waals surface area contributed by atoms with E-state index in [1.807, 2.05) is 0 Å². The lowest BCUT2D eigenvalue weighted by molar-refractivity contribution is 1.68. The number of fused-ring (bicyclic) bond motifs is 9. The van der Waals surface area contributed by atoms with Gasteiger partial charge in [-0.2, -0.15) is 0 Å². The smallest absolute Gasteiger partial charge is 0.00987 e. The SMILES string of the molecule is c1ccc2cc(-c3ccc4cc5c(ccc6c7cc8ccc(-c9ccc%10ccccc%10c9)cc8cc7ccc56)cc4c3)ccc2c1. The standard InChI is InChI=1S/C46H28/c1-3-7-31-21-33(11-9-29(31)5-1)35-13-15-37-27-45-39(25-41(37)23-35)17-19-44-43(45)20-18-40-26-42-24-36(14-16-38(42)28-46(40)44)34-12-10-30-6-2-4-8-32(30)22-34/h1-28H. The first kappa shape index (κ1) is 25.4. The molecule has 0 spiro atoms. The zero-order valence-corrected chi connectivity index (χ0v) is 25.2. The van der Waals surface area contributed by atoms with Crippen LogP contribution < -0.4 is 0 Å². The van der Waals surface area contributed by atoms with Crippen LogP contribution >= 0.6 is 0 Å². The molecule has 46 heavy (non-hydrogen) atoms. The lowest BCUT2D eigenvalue weighted by Crippen LogP contribution is -1.85. The van der Waals surface area contributed by atoms with Crippen LogP contribution in [0.25, 0.3) is 97.7 Å². The van der Waals surface area contributed by atoms with Gasteiger partial charge >= 0.3 is 0 Å². The van der Waals surface area contributed by atoms with Crippen molar-refractivity contribution in [1.29, 1.82) is 0 Å². The summed E-state index contributed by atoms with van der Waals surface area (Å²) in [6.07, 6.45) is 0. The summed E-state index contributed by atoms with van der Waals surface area (Å²) in [6.45, 7) is 0. The van der Waals surface area contributed by atoms with E-state index in [4.69, 9.17) is 0 Å². The van der Waals surface area contributed by atoms with E-state index in [0.717, 1.165) is 0 Å². The highest BCUT2D eigenvalue weighted by Gasteiger charge is 2.10. The summed E-state index contributed by atoms with van der Waals surface area (Å²) in [5, 5.41) is 17.9. The molecule has 0 saturated carbocycles. The van der Waals surface area contributed by atoms with E-state index >= 15 is 0 Å². The quantitative estimate of drug-likeness (QED) is 0.141. The predicted molar refractivity (Wildman–Crippen MR) is 200 cm³/mol. The molecular formula is C46H28. The summed E-state index contributed by atoms with van der Waals surface area (Å²) in [4.78, 5) is 0. The van der Waals surface area contributed by atoms with Gasteiger partial charge in [0.1, 0.15) is 0 Å². The molecule has 10 aromatic carbocycles. The van der Waals surface area contributed by atoms with Crippen LogP contribution in [-0.4, -0.2) is 0 Å². The van der Waals surface area contributed by atoms with Crippen LogP contribution in [0.1, 0.15) is 0 Å². The zero-order chi connectivity index (χ0) is 30.2. The minimum Gasteiger partial charge on any atom is -0.0616 e. The van der Waals surface area contributed by atoms with Crippen molar-refractivity contribution in [3.63, 3.8) is 0 Å². The normalized spacial score (nSPS) is 11.9. The third-order valence-electron chi connectivity index (χ3n) is 9.91. The van der Waals surface area contributed by atoms with Crippen LogP contribution in [0.4, 0.5) is 0 Å². The van der Waals surface area contributed by atoms with Gasteiger partial charge in [0.25, 0.3) is 0 Å². The molecule has 0 unspecified atom stereocenters. The van der Waals surface area contributed by atoms with Crippen molar-refractivity contribution >= 4 is 75.4 Å². The van der Waals surface area contributed by atoms with Crippen LogP contribution in [0.3, 0.4) is 0 Å². The van der Waals surface area contributed by atoms with Crippen LogP contribution in [0, 0.1) is 0 Å². The molecule has 0 bridgehead atoms. The molecular weight excluding hydrogens is 553 g/mol. The molecule has 0 nitrogen and oxygen atoms in total. The topological polar surface area (TPSA) is 0 Å². The van der Waals surface area contributed by atoms with Gasteiger partial charge in [-0.1, -0.05) is 121 Å². The van der Waals surface area contributed by atoms with Gasteiger partial charge in [-0.3, -0.25) is 0 Å². The van der Waals surface area contributed by atoms with Gasteiger partial charge in [-0.05, 0) is 146 Å². The number of rotatable bonds is 2. The third-order valence-corrected chi connectivity index (χ3v) is 9.91. The largest absolute Gasteiger partial charge is 0.0616 e. The van der Waals surface area contributed by atoms with Crippen LogP contribution in [0.5, 0.6) is 0 Å². The first-order valence-electron chi connectivity index (χ1n) is 16.0. The Hall–Kier alpha value is -5.98. The van der Waals surface area contributed by atoms with Crippen molar-refractivity contribution in [3.8, 4) is 22.3 Å². The second kappa shape index (κ2) is 9.76. The Morgan fingerprint density at radius 3 is 0.935 bits per heavy atom. The van der Waals surface area contributed by atoms with Gasteiger partial charge in [0.15, 0.2) is 0 Å². The Morgan fingerprint density at radius 2 is 0.500 bits per heavy atom. The predicted octanol–water partition coefficient (Wildman–Crippen LogP) is 13.1. The van der Waals surface area contributed by atoms with E-state index in [0.29, 0.717) is 0 Å². The van der Waals surface area contributed by atoms with Gasteiger partial charge in [-0.15, -0.1) is 0 Å². The van der Waals surface area contributed by atoms with Crippen molar-refractivity contribution in [2.24, 2.45) is 0 Å². The van der Waals surface area contributed by atoms with Gasteiger partial charge in [0.05, 0.1) is 0 Å². The van der Waals surface area contributed by atoms with Crippen LogP contribution in [-0.2, 0) is 0 Å². The van der Waals surface area contributed by atoms with Crippen molar-refractivity contribution in [3.05, 3.63) is 170 Å². The highest BCUT2D eigenvalue weighted by Crippen LogP contribution is 2.37. The molecule has 0 heterocycles. The third kappa shape index (κ3) is 4.01. The maximum atomic E-state index is 2.37. The highest BCUT2D eigenvalue weighted by atomic mass is 14.1. The summed E-state index contributed by atoms with van der Waals surface area (Å²) in [6, 6.07) is 63.1. The van der Waals surface area contributed by atoms with Crippen molar-refractivity contribution < 1.29 is 0 Å². The molecule has 0 heteroatoms. The fourth-order valence-electron chi connectivity index (χ4n) is 7.47. The number of hydrogen-bond acceptors (Lipinski definition) is 0. The van der Waals surface area contributed by atoms with Crippen LogP contribution in [0.2, 0.25) is 0 Å². The summed E-state index contributed by atoms with van der Waals surface area (Å²) in [5.41, 5.74) is 5.00. The molecule has 0 saturated heterocycles. The van der Waals surface area contributed by atoms with E-state index < -0.39 is 0 Å². The molecule has 0 atom stereocenters. The van der Waals surface area contributed by atoms with Crippen LogP contribution in [0.15, 0.2) is 170 Å². The summed E-state index contributed by atoms with van der Waals surface area (Å²) < 4.78 is 0. The Balaban J connectivity index is 1.08. The fraction of sp³-hybridized carbons (Fsp3) is 0. The molecule has 0 radical (unpaired) electrons. The fourth-order valence-corrected chi connectivity index (χ4v) is 7.47. The van der Waals surface area contributed by atoms with E-state index in [9.17, 15) is 0 Å². The Labute approximate surface area is 266 Å². The Morgan fingerprint density at radius 1 is 0.174 bits per heavy atom. The molecule has 10 rings (SSSR count). The Kier molecular flexibility index (Phi) is 5.38. The van der Waals surface area contributed by atoms with Gasteiger partial charge < -0.3 is 0 Å². The average molecular weight is 581 g/mol. The number of hydrogen-bond donors (Lipinski definition) is 0. The van der Waals surface area contributed by atoms with E-state index in [2.05, 4.69) is 170 Å². The molecule has 0 aromatic heterocycles. The van der Waals surface area contributed by atoms with E-state index in [-0.39, 0.29) is 0 Å². The lowest BCUT2D eigenvalue weighted by atomic mass is 9.92. The van der Waals surface area contributed by atoms with Gasteiger partial charge in [0.2, 0.25) is 0 Å². The van der Waals surface area contributed by atoms with E-state index in [1.54, 1.807) is 0 Å². The first-order chi connectivity index (χ1) is 22.7. The second-order valence-corrected chi connectivity index (χ2v) is 12.6. The molecule has 0 aliphatic rings. The molecule has 212 valence electrons.